The lowest BCUT2D eigenvalue weighted by Crippen LogP contribution is -2.22. The number of benzene rings is 1. The zero-order chi connectivity index (χ0) is 14.4. The second-order valence-corrected chi connectivity index (χ2v) is 5.81. The summed E-state index contributed by atoms with van der Waals surface area (Å²) in [6.45, 7) is 11.3. The molecule has 19 heavy (non-hydrogen) atoms. The standard InChI is InChI=1S/C15H21Cl2NO/c1-10(2)5-6-19-15-12(9-18-11(3)4)7-13(16)8-14(15)17/h7-8,11,18H,1,5-6,9H2,2-4H3. The molecule has 0 fully saturated rings. The van der Waals surface area contributed by atoms with Crippen molar-refractivity contribution in [3.05, 3.63) is 39.9 Å². The van der Waals surface area contributed by atoms with Crippen LogP contribution in [0.1, 0.15) is 32.8 Å². The Morgan fingerprint density at radius 2 is 2.05 bits per heavy atom. The van der Waals surface area contributed by atoms with Crippen molar-refractivity contribution in [3.8, 4) is 5.75 Å². The summed E-state index contributed by atoms with van der Waals surface area (Å²) in [5, 5.41) is 4.51. The van der Waals surface area contributed by atoms with Crippen molar-refractivity contribution in [1.82, 2.24) is 5.32 Å². The van der Waals surface area contributed by atoms with Gasteiger partial charge in [-0.15, -0.1) is 6.58 Å². The lowest BCUT2D eigenvalue weighted by molar-refractivity contribution is 0.317. The number of nitrogens with one attached hydrogen (secondary N) is 1. The number of hydrogen-bond acceptors (Lipinski definition) is 2. The van der Waals surface area contributed by atoms with Gasteiger partial charge in [0.25, 0.3) is 0 Å². The molecule has 0 spiro atoms. The predicted octanol–water partition coefficient (Wildman–Crippen LogP) is 4.84. The highest BCUT2D eigenvalue weighted by Crippen LogP contribution is 2.32. The first kappa shape index (κ1) is 16.4. The van der Waals surface area contributed by atoms with Crippen molar-refractivity contribution in [2.45, 2.75) is 39.8 Å². The molecule has 0 aliphatic carbocycles. The van der Waals surface area contributed by atoms with Crippen LogP contribution in [-0.4, -0.2) is 12.6 Å². The number of rotatable bonds is 7. The molecule has 1 rings (SSSR count). The molecule has 0 aliphatic rings. The van der Waals surface area contributed by atoms with Gasteiger partial charge in [-0.3, -0.25) is 0 Å². The maximum atomic E-state index is 6.21. The van der Waals surface area contributed by atoms with Gasteiger partial charge >= 0.3 is 0 Å². The molecule has 0 amide bonds. The first-order valence-electron chi connectivity index (χ1n) is 6.38. The van der Waals surface area contributed by atoms with Crippen LogP contribution in [-0.2, 0) is 6.54 Å². The smallest absolute Gasteiger partial charge is 0.142 e. The van der Waals surface area contributed by atoms with Crippen molar-refractivity contribution in [1.29, 1.82) is 0 Å². The van der Waals surface area contributed by atoms with Crippen molar-refractivity contribution in [2.24, 2.45) is 0 Å². The molecule has 1 aromatic rings. The van der Waals surface area contributed by atoms with Gasteiger partial charge in [-0.05, 0) is 19.1 Å². The molecule has 106 valence electrons. The Morgan fingerprint density at radius 3 is 2.63 bits per heavy atom. The van der Waals surface area contributed by atoms with Gasteiger partial charge in [0.05, 0.1) is 11.6 Å². The van der Waals surface area contributed by atoms with Crippen molar-refractivity contribution >= 4 is 23.2 Å². The van der Waals surface area contributed by atoms with E-state index >= 15 is 0 Å². The molecule has 0 radical (unpaired) electrons. The molecule has 0 atom stereocenters. The van der Waals surface area contributed by atoms with Crippen LogP contribution in [0, 0.1) is 0 Å². The molecule has 1 aromatic carbocycles. The molecule has 0 unspecified atom stereocenters. The van der Waals surface area contributed by atoms with E-state index in [4.69, 9.17) is 27.9 Å². The molecule has 1 N–H and O–H groups in total. The van der Waals surface area contributed by atoms with Gasteiger partial charge in [0.2, 0.25) is 0 Å². The van der Waals surface area contributed by atoms with Crippen molar-refractivity contribution in [3.63, 3.8) is 0 Å². The molecule has 0 aliphatic heterocycles. The number of halogens is 2. The summed E-state index contributed by atoms with van der Waals surface area (Å²) in [4.78, 5) is 0. The van der Waals surface area contributed by atoms with Gasteiger partial charge in [-0.25, -0.2) is 0 Å². The lowest BCUT2D eigenvalue weighted by Gasteiger charge is -2.15. The summed E-state index contributed by atoms with van der Waals surface area (Å²) >= 11 is 12.2. The van der Waals surface area contributed by atoms with Crippen LogP contribution in [0.3, 0.4) is 0 Å². The molecule has 0 bridgehead atoms. The van der Waals surface area contributed by atoms with E-state index < -0.39 is 0 Å². The van der Waals surface area contributed by atoms with Crippen LogP contribution in [0.2, 0.25) is 10.0 Å². The van der Waals surface area contributed by atoms with Crippen LogP contribution >= 0.6 is 23.2 Å². The fraction of sp³-hybridized carbons (Fsp3) is 0.467. The Hall–Kier alpha value is -0.700. The normalized spacial score (nSPS) is 10.8. The summed E-state index contributed by atoms with van der Waals surface area (Å²) < 4.78 is 5.77. The Morgan fingerprint density at radius 1 is 1.37 bits per heavy atom. The van der Waals surface area contributed by atoms with E-state index in [-0.39, 0.29) is 0 Å². The fourth-order valence-electron chi connectivity index (χ4n) is 1.55. The predicted molar refractivity (Wildman–Crippen MR) is 83.4 cm³/mol. The zero-order valence-electron chi connectivity index (χ0n) is 11.7. The van der Waals surface area contributed by atoms with E-state index in [0.717, 1.165) is 17.6 Å². The molecule has 4 heteroatoms. The second kappa shape index (κ2) is 7.78. The monoisotopic (exact) mass is 301 g/mol. The van der Waals surface area contributed by atoms with Crippen LogP contribution in [0.15, 0.2) is 24.3 Å². The van der Waals surface area contributed by atoms with Gasteiger partial charge in [-0.1, -0.05) is 42.6 Å². The maximum absolute atomic E-state index is 6.21. The summed E-state index contributed by atoms with van der Waals surface area (Å²) in [7, 11) is 0. The highest BCUT2D eigenvalue weighted by atomic mass is 35.5. The van der Waals surface area contributed by atoms with E-state index in [1.807, 2.05) is 13.0 Å². The van der Waals surface area contributed by atoms with Gasteiger partial charge < -0.3 is 10.1 Å². The van der Waals surface area contributed by atoms with Crippen LogP contribution in [0.4, 0.5) is 0 Å². The maximum Gasteiger partial charge on any atom is 0.142 e. The van der Waals surface area contributed by atoms with E-state index in [1.54, 1.807) is 6.07 Å². The minimum Gasteiger partial charge on any atom is -0.491 e. The SMILES string of the molecule is C=C(C)CCOc1c(Cl)cc(Cl)cc1CNC(C)C. The van der Waals surface area contributed by atoms with Gasteiger partial charge in [0.1, 0.15) is 5.75 Å². The third kappa shape index (κ3) is 5.85. The quantitative estimate of drug-likeness (QED) is 0.728. The van der Waals surface area contributed by atoms with Crippen LogP contribution < -0.4 is 10.1 Å². The molecule has 0 heterocycles. The molecule has 0 saturated heterocycles. The fourth-order valence-corrected chi connectivity index (χ4v) is 2.14. The minimum absolute atomic E-state index is 0.390. The average Bonchev–Trinajstić information content (AvgIpc) is 2.28. The lowest BCUT2D eigenvalue weighted by atomic mass is 10.2. The van der Waals surface area contributed by atoms with Gasteiger partial charge in [0, 0.05) is 29.6 Å². The molecule has 2 nitrogen and oxygen atoms in total. The zero-order valence-corrected chi connectivity index (χ0v) is 13.2. The largest absolute Gasteiger partial charge is 0.491 e. The van der Waals surface area contributed by atoms with Crippen molar-refractivity contribution < 1.29 is 4.74 Å². The molecular formula is C15H21Cl2NO. The summed E-state index contributed by atoms with van der Waals surface area (Å²) in [5.41, 5.74) is 2.07. The molecular weight excluding hydrogens is 281 g/mol. The van der Waals surface area contributed by atoms with E-state index in [1.165, 1.54) is 0 Å². The van der Waals surface area contributed by atoms with E-state index in [9.17, 15) is 0 Å². The molecule has 0 aromatic heterocycles. The second-order valence-electron chi connectivity index (χ2n) is 4.97. The Bertz CT molecular complexity index is 444. The first-order chi connectivity index (χ1) is 8.90. The van der Waals surface area contributed by atoms with Gasteiger partial charge in [0.15, 0.2) is 0 Å². The first-order valence-corrected chi connectivity index (χ1v) is 7.14. The Labute approximate surface area is 125 Å². The van der Waals surface area contributed by atoms with Crippen LogP contribution in [0.25, 0.3) is 0 Å². The third-order valence-corrected chi connectivity index (χ3v) is 3.06. The summed E-state index contributed by atoms with van der Waals surface area (Å²) in [6, 6.07) is 3.98. The Balaban J connectivity index is 2.83. The topological polar surface area (TPSA) is 21.3 Å². The number of ether oxygens (including phenoxy) is 1. The summed E-state index contributed by atoms with van der Waals surface area (Å²) in [6.07, 6.45) is 0.815. The third-order valence-electron chi connectivity index (χ3n) is 2.56. The van der Waals surface area contributed by atoms with Crippen molar-refractivity contribution in [2.75, 3.05) is 6.61 Å². The molecule has 0 saturated carbocycles. The average molecular weight is 302 g/mol. The highest BCUT2D eigenvalue weighted by Gasteiger charge is 2.11. The number of hydrogen-bond donors (Lipinski definition) is 1. The van der Waals surface area contributed by atoms with E-state index in [0.29, 0.717) is 35.0 Å². The van der Waals surface area contributed by atoms with E-state index in [2.05, 4.69) is 25.7 Å². The summed E-state index contributed by atoms with van der Waals surface area (Å²) in [5.74, 6) is 0.709. The minimum atomic E-state index is 0.390. The van der Waals surface area contributed by atoms with Crippen LogP contribution in [0.5, 0.6) is 5.75 Å². The van der Waals surface area contributed by atoms with Gasteiger partial charge in [-0.2, -0.15) is 0 Å². The highest BCUT2D eigenvalue weighted by molar-refractivity contribution is 6.35. The Kier molecular flexibility index (Phi) is 6.70.